The van der Waals surface area contributed by atoms with Crippen molar-refractivity contribution in [3.8, 4) is 11.6 Å². The maximum atomic E-state index is 12.4. The normalized spacial score (nSPS) is 16.1. The smallest absolute Gasteiger partial charge is 0.327 e. The van der Waals surface area contributed by atoms with Crippen LogP contribution in [-0.2, 0) is 43.6 Å². The number of esters is 1. The Labute approximate surface area is 225 Å². The summed E-state index contributed by atoms with van der Waals surface area (Å²) in [5, 5.41) is 4.31. The van der Waals surface area contributed by atoms with Crippen molar-refractivity contribution in [2.45, 2.75) is 43.7 Å². The van der Waals surface area contributed by atoms with Crippen LogP contribution in [0.3, 0.4) is 0 Å². The second-order valence-electron chi connectivity index (χ2n) is 8.29. The van der Waals surface area contributed by atoms with Crippen LogP contribution in [0.15, 0.2) is 52.1 Å². The number of halogens is 1. The fourth-order valence-electron chi connectivity index (χ4n) is 4.15. The van der Waals surface area contributed by atoms with Crippen molar-refractivity contribution in [3.63, 3.8) is 0 Å². The Bertz CT molecular complexity index is 1430. The number of ether oxygens (including phenoxy) is 2. The molecule has 0 aliphatic heterocycles. The molecule has 0 amide bonds. The van der Waals surface area contributed by atoms with Crippen LogP contribution in [0, 0.1) is 0 Å². The van der Waals surface area contributed by atoms with Crippen LogP contribution in [0.1, 0.15) is 37.1 Å². The minimum atomic E-state index is -3.34. The summed E-state index contributed by atoms with van der Waals surface area (Å²) in [6.07, 6.45) is 6.04. The summed E-state index contributed by atoms with van der Waals surface area (Å²) in [5.74, 6) is 0.136. The molecule has 14 heteroatoms. The lowest BCUT2D eigenvalue weighted by Crippen LogP contribution is -2.33. The first-order valence-electron chi connectivity index (χ1n) is 11.3. The number of benzene rings is 1. The number of pyridine rings is 1. The molecule has 1 aliphatic carbocycles. The second-order valence-corrected chi connectivity index (χ2v) is 12.0. The minimum Gasteiger partial charge on any atom is -0.755 e. The molecule has 4 rings (SSSR count). The van der Waals surface area contributed by atoms with Gasteiger partial charge in [0, 0.05) is 28.8 Å². The molecule has 2 aromatic heterocycles. The predicted molar refractivity (Wildman–Crippen MR) is 138 cm³/mol. The monoisotopic (exact) mass is 611 g/mol. The van der Waals surface area contributed by atoms with E-state index < -0.39 is 33.1 Å². The molecule has 0 radical (unpaired) electrons. The molecule has 11 nitrogen and oxygen atoms in total. The van der Waals surface area contributed by atoms with E-state index in [0.29, 0.717) is 35.2 Å². The van der Waals surface area contributed by atoms with Crippen LogP contribution in [0.5, 0.6) is 11.6 Å². The zero-order chi connectivity index (χ0) is 26.7. The molecule has 1 aromatic carbocycles. The van der Waals surface area contributed by atoms with Gasteiger partial charge in [-0.3, -0.25) is 18.0 Å². The quantitative estimate of drug-likeness (QED) is 0.262. The molecule has 2 atom stereocenters. The first-order chi connectivity index (χ1) is 17.6. The molecule has 1 aliphatic rings. The molecule has 37 heavy (non-hydrogen) atoms. The molecule has 0 fully saturated rings. The number of hydrogen-bond acceptors (Lipinski definition) is 9. The maximum Gasteiger partial charge on any atom is 0.327 e. The number of nitrogens with zero attached hydrogens (tertiary/aromatic N) is 4. The number of aromatic nitrogens is 3. The molecule has 2 heterocycles. The zero-order valence-electron chi connectivity index (χ0n) is 20.0. The SMILES string of the molecule is CCOC(=O)Cn1ncc2c1CCCC2N(c1cnc(Oc2ccc(S(C)(=O)=O)cc2)c(Br)c1)S(=O)[O-]. The molecule has 0 bridgehead atoms. The maximum absolute atomic E-state index is 12.4. The van der Waals surface area contributed by atoms with Gasteiger partial charge < -0.3 is 14.0 Å². The van der Waals surface area contributed by atoms with Crippen molar-refractivity contribution >= 4 is 48.7 Å². The van der Waals surface area contributed by atoms with E-state index in [9.17, 15) is 22.0 Å². The Hall–Kier alpha value is -2.81. The van der Waals surface area contributed by atoms with Crippen molar-refractivity contribution in [2.75, 3.05) is 17.2 Å². The van der Waals surface area contributed by atoms with Crippen molar-refractivity contribution < 1.29 is 31.4 Å². The van der Waals surface area contributed by atoms with Gasteiger partial charge in [-0.15, -0.1) is 0 Å². The van der Waals surface area contributed by atoms with Crippen LogP contribution in [-0.4, -0.2) is 50.8 Å². The highest BCUT2D eigenvalue weighted by Crippen LogP contribution is 2.39. The Morgan fingerprint density at radius 3 is 2.65 bits per heavy atom. The van der Waals surface area contributed by atoms with E-state index in [0.717, 1.165) is 17.5 Å². The topological polar surface area (TPSA) is 144 Å². The predicted octanol–water partition coefficient (Wildman–Crippen LogP) is 3.48. The number of fused-ring (bicyclic) bond motifs is 1. The van der Waals surface area contributed by atoms with Gasteiger partial charge >= 0.3 is 5.97 Å². The van der Waals surface area contributed by atoms with E-state index in [1.54, 1.807) is 23.9 Å². The fraction of sp³-hybridized carbons (Fsp3) is 0.348. The standard InChI is InChI=1S/C23H25BrN4O7S2/c1-3-34-22(29)14-27-20-5-4-6-21(18(20)13-26-27)28(36(30)31)15-11-19(24)23(25-12-15)35-16-7-9-17(10-8-16)37(2,32)33/h7-13,21H,3-6,14H2,1-2H3,(H,30,31)/p-1. The minimum absolute atomic E-state index is 0.0410. The first-order valence-corrected chi connectivity index (χ1v) is 15.0. The molecule has 3 aromatic rings. The summed E-state index contributed by atoms with van der Waals surface area (Å²) in [6, 6.07) is 6.93. The van der Waals surface area contributed by atoms with Gasteiger partial charge in [0.2, 0.25) is 5.88 Å². The molecular formula is C23H24BrN4O7S2-. The summed E-state index contributed by atoms with van der Waals surface area (Å²) < 4.78 is 62.0. The Kier molecular flexibility index (Phi) is 8.31. The summed E-state index contributed by atoms with van der Waals surface area (Å²) in [5.41, 5.74) is 1.84. The third-order valence-corrected chi connectivity index (χ3v) is 8.26. The van der Waals surface area contributed by atoms with Crippen molar-refractivity contribution in [1.82, 2.24) is 14.8 Å². The molecule has 0 saturated heterocycles. The van der Waals surface area contributed by atoms with Gasteiger partial charge in [-0.25, -0.2) is 13.4 Å². The Balaban J connectivity index is 1.58. The summed E-state index contributed by atoms with van der Waals surface area (Å²) in [7, 11) is -3.34. The molecular weight excluding hydrogens is 588 g/mol. The van der Waals surface area contributed by atoms with Crippen molar-refractivity contribution in [1.29, 1.82) is 0 Å². The van der Waals surface area contributed by atoms with E-state index >= 15 is 0 Å². The van der Waals surface area contributed by atoms with Crippen molar-refractivity contribution in [3.05, 3.63) is 58.5 Å². The lowest BCUT2D eigenvalue weighted by molar-refractivity contribution is -0.144. The van der Waals surface area contributed by atoms with Gasteiger partial charge in [0.1, 0.15) is 12.3 Å². The zero-order valence-corrected chi connectivity index (χ0v) is 23.2. The lowest BCUT2D eigenvalue weighted by Gasteiger charge is -2.36. The molecule has 0 N–H and O–H groups in total. The fourth-order valence-corrected chi connectivity index (χ4v) is 5.90. The number of anilines is 1. The third-order valence-electron chi connectivity index (χ3n) is 5.77. The van der Waals surface area contributed by atoms with Crippen LogP contribution in [0.2, 0.25) is 0 Å². The van der Waals surface area contributed by atoms with E-state index in [2.05, 4.69) is 26.0 Å². The van der Waals surface area contributed by atoms with Gasteiger partial charge in [0.05, 0.1) is 40.1 Å². The summed E-state index contributed by atoms with van der Waals surface area (Å²) >= 11 is 0.760. The molecule has 0 spiro atoms. The van der Waals surface area contributed by atoms with Crippen LogP contribution in [0.4, 0.5) is 5.69 Å². The van der Waals surface area contributed by atoms with Crippen molar-refractivity contribution in [2.24, 2.45) is 0 Å². The number of carbonyl (C=O) groups is 1. The highest BCUT2D eigenvalue weighted by Gasteiger charge is 2.31. The molecule has 2 unspecified atom stereocenters. The lowest BCUT2D eigenvalue weighted by atomic mass is 9.92. The van der Waals surface area contributed by atoms with Crippen LogP contribution in [0.25, 0.3) is 0 Å². The molecule has 0 saturated carbocycles. The Morgan fingerprint density at radius 1 is 1.30 bits per heavy atom. The second kappa shape index (κ2) is 11.3. The first kappa shape index (κ1) is 27.2. The number of carbonyl (C=O) groups excluding carboxylic acids is 1. The van der Waals surface area contributed by atoms with Gasteiger partial charge in [0.25, 0.3) is 0 Å². The van der Waals surface area contributed by atoms with E-state index in [4.69, 9.17) is 9.47 Å². The highest BCUT2D eigenvalue weighted by atomic mass is 79.9. The number of rotatable bonds is 9. The van der Waals surface area contributed by atoms with Gasteiger partial charge in [0.15, 0.2) is 9.84 Å². The summed E-state index contributed by atoms with van der Waals surface area (Å²) in [4.78, 5) is 16.4. The number of sulfone groups is 1. The van der Waals surface area contributed by atoms with E-state index in [-0.39, 0.29) is 23.9 Å². The summed E-state index contributed by atoms with van der Waals surface area (Å²) in [6.45, 7) is 1.95. The van der Waals surface area contributed by atoms with Crippen LogP contribution < -0.4 is 9.04 Å². The van der Waals surface area contributed by atoms with E-state index in [1.807, 2.05) is 0 Å². The van der Waals surface area contributed by atoms with E-state index in [1.165, 1.54) is 34.8 Å². The number of hydrogen-bond donors (Lipinski definition) is 0. The van der Waals surface area contributed by atoms with Gasteiger partial charge in [-0.2, -0.15) is 5.10 Å². The third kappa shape index (κ3) is 6.20. The average Bonchev–Trinajstić information content (AvgIpc) is 3.24. The average molecular weight is 613 g/mol. The Morgan fingerprint density at radius 2 is 2.03 bits per heavy atom. The molecule has 198 valence electrons. The van der Waals surface area contributed by atoms with Crippen LogP contribution >= 0.6 is 15.9 Å². The van der Waals surface area contributed by atoms with Gasteiger partial charge in [-0.05, 0) is 72.4 Å². The highest BCUT2D eigenvalue weighted by molar-refractivity contribution is 9.10. The van der Waals surface area contributed by atoms with Gasteiger partial charge in [-0.1, -0.05) is 0 Å². The largest absolute Gasteiger partial charge is 0.755 e.